The first-order chi connectivity index (χ1) is 17.2. The van der Waals surface area contributed by atoms with E-state index in [1.54, 1.807) is 13.2 Å². The standard InChI is InChI=1S/C28H37ClFN3O3/c1-17(31-3)27(35)13-21(19-8-5-4-6-9-19)28(36)33-11-7-10-20(33)15-32-16-23(18(2)34)22-12-24(29)25(30)14-26(22)32/h12,14,16-17,19-21,31H,4-11,13,15H2,1-3H3/t17-,20-,21-/m0/s1. The zero-order chi connectivity index (χ0) is 26.0. The van der Waals surface area contributed by atoms with Crippen LogP contribution in [0.3, 0.4) is 0 Å². The van der Waals surface area contributed by atoms with E-state index in [0.717, 1.165) is 38.5 Å². The van der Waals surface area contributed by atoms with Gasteiger partial charge in [-0.05, 0) is 64.6 Å². The van der Waals surface area contributed by atoms with Gasteiger partial charge < -0.3 is 14.8 Å². The third-order valence-corrected chi connectivity index (χ3v) is 8.53. The molecular weight excluding hydrogens is 481 g/mol. The number of nitrogens with one attached hydrogen (secondary N) is 1. The van der Waals surface area contributed by atoms with E-state index in [1.165, 1.54) is 25.5 Å². The number of carbonyl (C=O) groups excluding carboxylic acids is 3. The number of nitrogens with zero attached hydrogens (tertiary/aromatic N) is 2. The molecule has 3 atom stereocenters. The number of aromatic nitrogens is 1. The van der Waals surface area contributed by atoms with E-state index in [9.17, 15) is 18.8 Å². The van der Waals surface area contributed by atoms with Crippen LogP contribution >= 0.6 is 11.6 Å². The lowest BCUT2D eigenvalue weighted by Crippen LogP contribution is -2.45. The predicted molar refractivity (Wildman–Crippen MR) is 140 cm³/mol. The van der Waals surface area contributed by atoms with E-state index in [-0.39, 0.29) is 52.8 Å². The fourth-order valence-electron chi connectivity index (χ4n) is 6.02. The zero-order valence-corrected chi connectivity index (χ0v) is 22.2. The molecule has 2 aromatic rings. The second-order valence-corrected chi connectivity index (χ2v) is 11.0. The average Bonchev–Trinajstić information content (AvgIpc) is 3.47. The average molecular weight is 518 g/mol. The molecular formula is C28H37ClFN3O3. The van der Waals surface area contributed by atoms with Gasteiger partial charge in [0.05, 0.1) is 16.6 Å². The SMILES string of the molecule is CN[C@@H](C)C(=O)C[C@H](C(=O)N1CCC[C@H]1Cn1cc(C(C)=O)c2cc(Cl)c(F)cc21)C1CCCCC1. The summed E-state index contributed by atoms with van der Waals surface area (Å²) in [5, 5.41) is 3.62. The van der Waals surface area contributed by atoms with Crippen molar-refractivity contribution in [3.63, 3.8) is 0 Å². The predicted octanol–water partition coefficient (Wildman–Crippen LogP) is 5.39. The van der Waals surface area contributed by atoms with Crippen molar-refractivity contribution in [1.82, 2.24) is 14.8 Å². The molecule has 1 aliphatic carbocycles. The molecule has 0 bridgehead atoms. The van der Waals surface area contributed by atoms with Gasteiger partial charge in [0.25, 0.3) is 0 Å². The number of carbonyl (C=O) groups is 3. The van der Waals surface area contributed by atoms with E-state index < -0.39 is 5.82 Å². The molecule has 8 heteroatoms. The van der Waals surface area contributed by atoms with Crippen molar-refractivity contribution in [3.05, 3.63) is 34.7 Å². The zero-order valence-electron chi connectivity index (χ0n) is 21.5. The number of amides is 1. The number of halogens is 2. The first kappa shape index (κ1) is 26.8. The van der Waals surface area contributed by atoms with E-state index in [0.29, 0.717) is 29.6 Å². The van der Waals surface area contributed by atoms with Gasteiger partial charge in [0, 0.05) is 48.6 Å². The van der Waals surface area contributed by atoms with E-state index in [1.807, 2.05) is 16.4 Å². The Kier molecular flexibility index (Phi) is 8.51. The minimum atomic E-state index is -0.535. The highest BCUT2D eigenvalue weighted by Crippen LogP contribution is 2.36. The molecule has 4 rings (SSSR count). The fraction of sp³-hybridized carbons (Fsp3) is 0.607. The highest BCUT2D eigenvalue weighted by atomic mass is 35.5. The molecule has 196 valence electrons. The van der Waals surface area contributed by atoms with Crippen LogP contribution in [0.5, 0.6) is 0 Å². The first-order valence-corrected chi connectivity index (χ1v) is 13.6. The maximum atomic E-state index is 14.4. The number of ketones is 2. The highest BCUT2D eigenvalue weighted by molar-refractivity contribution is 6.31. The number of likely N-dealkylation sites (N-methyl/N-ethyl adjacent to an activating group) is 1. The molecule has 6 nitrogen and oxygen atoms in total. The molecule has 36 heavy (non-hydrogen) atoms. The molecule has 1 saturated heterocycles. The number of hydrogen-bond acceptors (Lipinski definition) is 4. The summed E-state index contributed by atoms with van der Waals surface area (Å²) in [5.74, 6) is -0.582. The van der Waals surface area contributed by atoms with Crippen LogP contribution < -0.4 is 5.32 Å². The maximum Gasteiger partial charge on any atom is 0.226 e. The van der Waals surface area contributed by atoms with Crippen molar-refractivity contribution in [2.24, 2.45) is 11.8 Å². The van der Waals surface area contributed by atoms with Gasteiger partial charge >= 0.3 is 0 Å². The van der Waals surface area contributed by atoms with Gasteiger partial charge in [-0.1, -0.05) is 30.9 Å². The summed E-state index contributed by atoms with van der Waals surface area (Å²) >= 11 is 6.01. The van der Waals surface area contributed by atoms with Crippen molar-refractivity contribution in [2.75, 3.05) is 13.6 Å². The number of likely N-dealkylation sites (tertiary alicyclic amines) is 1. The summed E-state index contributed by atoms with van der Waals surface area (Å²) in [5.41, 5.74) is 1.10. The Morgan fingerprint density at radius 2 is 1.86 bits per heavy atom. The third-order valence-electron chi connectivity index (χ3n) is 8.24. The minimum Gasteiger partial charge on any atom is -0.345 e. The summed E-state index contributed by atoms with van der Waals surface area (Å²) in [7, 11) is 1.77. The van der Waals surface area contributed by atoms with Gasteiger partial charge in [-0.25, -0.2) is 4.39 Å². The fourth-order valence-corrected chi connectivity index (χ4v) is 6.18. The molecule has 0 unspecified atom stereocenters. The Morgan fingerprint density at radius 1 is 1.14 bits per heavy atom. The quantitative estimate of drug-likeness (QED) is 0.453. The van der Waals surface area contributed by atoms with Crippen LogP contribution in [0.1, 0.15) is 75.6 Å². The second kappa shape index (κ2) is 11.4. The number of rotatable bonds is 9. The molecule has 1 aromatic heterocycles. The first-order valence-electron chi connectivity index (χ1n) is 13.2. The lowest BCUT2D eigenvalue weighted by molar-refractivity contribution is -0.141. The summed E-state index contributed by atoms with van der Waals surface area (Å²) in [6.07, 6.45) is 9.09. The molecule has 1 amide bonds. The third kappa shape index (κ3) is 5.52. The van der Waals surface area contributed by atoms with Gasteiger partial charge in [0.15, 0.2) is 5.78 Å². The molecule has 2 fully saturated rings. The Balaban J connectivity index is 1.60. The van der Waals surface area contributed by atoms with Gasteiger partial charge in [0.1, 0.15) is 11.6 Å². The van der Waals surface area contributed by atoms with Crippen molar-refractivity contribution < 1.29 is 18.8 Å². The topological polar surface area (TPSA) is 71.4 Å². The molecule has 1 aliphatic heterocycles. The van der Waals surface area contributed by atoms with Crippen LogP contribution in [-0.4, -0.2) is 52.6 Å². The Labute approximate surface area is 217 Å². The Bertz CT molecular complexity index is 1140. The Hall–Kier alpha value is -2.25. The van der Waals surface area contributed by atoms with Crippen molar-refractivity contribution in [1.29, 1.82) is 0 Å². The highest BCUT2D eigenvalue weighted by Gasteiger charge is 2.39. The summed E-state index contributed by atoms with van der Waals surface area (Å²) in [4.78, 5) is 41.1. The maximum absolute atomic E-state index is 14.4. The van der Waals surface area contributed by atoms with Crippen LogP contribution in [0.2, 0.25) is 5.02 Å². The van der Waals surface area contributed by atoms with Crippen LogP contribution in [0.4, 0.5) is 4.39 Å². The van der Waals surface area contributed by atoms with Crippen LogP contribution in [0.25, 0.3) is 10.9 Å². The number of fused-ring (bicyclic) bond motifs is 1. The van der Waals surface area contributed by atoms with E-state index in [4.69, 9.17) is 11.6 Å². The van der Waals surface area contributed by atoms with Crippen LogP contribution in [0.15, 0.2) is 18.3 Å². The van der Waals surface area contributed by atoms with Crippen molar-refractivity contribution in [3.8, 4) is 0 Å². The van der Waals surface area contributed by atoms with Gasteiger partial charge in [0.2, 0.25) is 5.91 Å². The molecule has 1 saturated carbocycles. The van der Waals surface area contributed by atoms with Gasteiger partial charge in [-0.3, -0.25) is 14.4 Å². The van der Waals surface area contributed by atoms with E-state index in [2.05, 4.69) is 5.32 Å². The summed E-state index contributed by atoms with van der Waals surface area (Å²) in [6, 6.07) is 2.52. The minimum absolute atomic E-state index is 0.0174. The molecule has 1 aromatic carbocycles. The number of Topliss-reactive ketones (excluding diaryl/α,β-unsaturated/α-hetero) is 2. The monoisotopic (exact) mass is 517 g/mol. The van der Waals surface area contributed by atoms with Gasteiger partial charge in [-0.2, -0.15) is 0 Å². The normalized spacial score (nSPS) is 20.6. The molecule has 0 spiro atoms. The number of hydrogen-bond donors (Lipinski definition) is 1. The van der Waals surface area contributed by atoms with Crippen molar-refractivity contribution in [2.45, 2.75) is 83.8 Å². The smallest absolute Gasteiger partial charge is 0.226 e. The summed E-state index contributed by atoms with van der Waals surface area (Å²) < 4.78 is 16.2. The number of benzene rings is 1. The molecule has 2 aliphatic rings. The molecule has 1 N–H and O–H groups in total. The summed E-state index contributed by atoms with van der Waals surface area (Å²) in [6.45, 7) is 4.45. The second-order valence-electron chi connectivity index (χ2n) is 10.5. The lowest BCUT2D eigenvalue weighted by Gasteiger charge is -2.35. The molecule has 0 radical (unpaired) electrons. The van der Waals surface area contributed by atoms with Gasteiger partial charge in [-0.15, -0.1) is 0 Å². The van der Waals surface area contributed by atoms with E-state index >= 15 is 0 Å². The lowest BCUT2D eigenvalue weighted by atomic mass is 9.76. The van der Waals surface area contributed by atoms with Crippen molar-refractivity contribution >= 4 is 40.0 Å². The largest absolute Gasteiger partial charge is 0.345 e. The Morgan fingerprint density at radius 3 is 2.53 bits per heavy atom. The molecule has 2 heterocycles. The van der Waals surface area contributed by atoms with Crippen LogP contribution in [-0.2, 0) is 16.1 Å². The van der Waals surface area contributed by atoms with Crippen LogP contribution in [0, 0.1) is 17.7 Å².